The van der Waals surface area contributed by atoms with Gasteiger partial charge in [0.15, 0.2) is 0 Å². The van der Waals surface area contributed by atoms with Crippen molar-refractivity contribution in [3.8, 4) is 11.8 Å². The summed E-state index contributed by atoms with van der Waals surface area (Å²) in [6.45, 7) is 0.586. The van der Waals surface area contributed by atoms with Crippen LogP contribution in [0.2, 0.25) is 0 Å². The number of nitriles is 1. The Morgan fingerprint density at radius 3 is 2.76 bits per heavy atom. The summed E-state index contributed by atoms with van der Waals surface area (Å²) in [5.74, 6) is 1.91. The number of H-pyrrole nitrogens is 1. The van der Waals surface area contributed by atoms with Crippen LogP contribution in [-0.2, 0) is 0 Å². The number of aromatic nitrogens is 3. The lowest BCUT2D eigenvalue weighted by Crippen LogP contribution is -2.21. The summed E-state index contributed by atoms with van der Waals surface area (Å²) in [5, 5.41) is 16.9. The van der Waals surface area contributed by atoms with E-state index < -0.39 is 10.8 Å². The fourth-order valence-corrected chi connectivity index (χ4v) is 6.17. The number of aromatic amines is 1. The number of ether oxygens (including phenoxy) is 1. The van der Waals surface area contributed by atoms with E-state index in [1.807, 2.05) is 12.1 Å². The third kappa shape index (κ3) is 4.13. The zero-order chi connectivity index (χ0) is 23.0. The van der Waals surface area contributed by atoms with Gasteiger partial charge in [0.05, 0.1) is 35.2 Å². The number of methoxy groups -OCH3 is 1. The first-order valence-electron chi connectivity index (χ1n) is 11.0. The van der Waals surface area contributed by atoms with Gasteiger partial charge in [0.2, 0.25) is 5.95 Å². The van der Waals surface area contributed by atoms with E-state index in [2.05, 4.69) is 26.7 Å². The second kappa shape index (κ2) is 8.62. The molecule has 11 heteroatoms. The molecule has 2 fully saturated rings. The van der Waals surface area contributed by atoms with Gasteiger partial charge in [-0.3, -0.25) is 13.4 Å². The molecule has 0 unspecified atom stereocenters. The highest BCUT2D eigenvalue weighted by atomic mass is 32.3. The van der Waals surface area contributed by atoms with Gasteiger partial charge >= 0.3 is 0 Å². The first-order chi connectivity index (χ1) is 16.0. The monoisotopic (exact) mass is 469 g/mol. The Labute approximate surface area is 193 Å². The van der Waals surface area contributed by atoms with Crippen molar-refractivity contribution in [3.63, 3.8) is 0 Å². The normalized spacial score (nSPS) is 18.9. The Morgan fingerprint density at radius 1 is 1.24 bits per heavy atom. The van der Waals surface area contributed by atoms with Gasteiger partial charge in [0.1, 0.15) is 23.3 Å². The third-order valence-corrected chi connectivity index (χ3v) is 8.14. The van der Waals surface area contributed by atoms with E-state index in [0.29, 0.717) is 63.8 Å². The van der Waals surface area contributed by atoms with Crippen LogP contribution in [0.5, 0.6) is 5.75 Å². The van der Waals surface area contributed by atoms with Crippen molar-refractivity contribution in [2.75, 3.05) is 34.3 Å². The van der Waals surface area contributed by atoms with Crippen LogP contribution in [0.4, 0.5) is 23.1 Å². The third-order valence-electron chi connectivity index (χ3n) is 6.20. The summed E-state index contributed by atoms with van der Waals surface area (Å²) in [4.78, 5) is 12.3. The fourth-order valence-electron chi connectivity index (χ4n) is 4.56. The minimum absolute atomic E-state index is 0.325. The van der Waals surface area contributed by atoms with Crippen molar-refractivity contribution in [2.45, 2.75) is 38.1 Å². The SMILES string of the molecule is COc1cc(N2CCCS2(O)O)ccc1Nc1nc(NC2CCCC2)c2c(C#N)c[nH]c2n1. The molecule has 174 valence electrons. The number of rotatable bonds is 6. The van der Waals surface area contributed by atoms with Crippen LogP contribution in [0.25, 0.3) is 11.0 Å². The van der Waals surface area contributed by atoms with E-state index in [0.717, 1.165) is 19.3 Å². The molecule has 1 aliphatic heterocycles. The molecular weight excluding hydrogens is 442 g/mol. The van der Waals surface area contributed by atoms with Crippen LogP contribution in [0.3, 0.4) is 0 Å². The Kier molecular flexibility index (Phi) is 5.65. The average Bonchev–Trinajstić information content (AvgIpc) is 3.54. The van der Waals surface area contributed by atoms with Crippen LogP contribution >= 0.6 is 10.8 Å². The van der Waals surface area contributed by atoms with E-state index in [1.54, 1.807) is 23.7 Å². The highest BCUT2D eigenvalue weighted by Gasteiger charge is 2.29. The van der Waals surface area contributed by atoms with Gasteiger partial charge in [0, 0.05) is 24.8 Å². The summed E-state index contributed by atoms with van der Waals surface area (Å²) in [7, 11) is -1.22. The van der Waals surface area contributed by atoms with Gasteiger partial charge in [-0.25, -0.2) is 0 Å². The molecule has 3 aromatic rings. The molecule has 3 heterocycles. The molecule has 1 aliphatic carbocycles. The average molecular weight is 470 g/mol. The number of nitrogens with zero attached hydrogens (tertiary/aromatic N) is 4. The molecule has 0 radical (unpaired) electrons. The standard InChI is InChI=1S/C22H27N7O3S/c1-32-18-11-16(29-9-4-10-33(29,30)31)7-8-17(18)26-22-27-20-19(14(12-23)13-24-20)21(28-22)25-15-5-2-3-6-15/h7-8,11,13,15,30-31H,2-6,9-10H2,1H3,(H3,24,25,26,27,28). The summed E-state index contributed by atoms with van der Waals surface area (Å²) in [6.07, 6.45) is 6.89. The Bertz CT molecular complexity index is 1220. The van der Waals surface area contributed by atoms with E-state index in [1.165, 1.54) is 12.8 Å². The quantitative estimate of drug-likeness (QED) is 0.343. The lowest BCUT2D eigenvalue weighted by Gasteiger charge is -2.38. The smallest absolute Gasteiger partial charge is 0.231 e. The largest absolute Gasteiger partial charge is 0.494 e. The molecule has 10 nitrogen and oxygen atoms in total. The zero-order valence-corrected chi connectivity index (χ0v) is 19.2. The molecule has 1 saturated carbocycles. The van der Waals surface area contributed by atoms with Crippen LogP contribution in [-0.4, -0.2) is 49.5 Å². The summed E-state index contributed by atoms with van der Waals surface area (Å²) < 4.78 is 27.8. The predicted octanol–water partition coefficient (Wildman–Crippen LogP) is 4.81. The molecule has 2 aliphatic rings. The first-order valence-corrected chi connectivity index (χ1v) is 12.7. The molecule has 5 rings (SSSR count). The van der Waals surface area contributed by atoms with Crippen molar-refractivity contribution in [2.24, 2.45) is 0 Å². The maximum Gasteiger partial charge on any atom is 0.231 e. The van der Waals surface area contributed by atoms with Crippen LogP contribution < -0.4 is 19.7 Å². The van der Waals surface area contributed by atoms with Gasteiger partial charge in [-0.2, -0.15) is 15.2 Å². The van der Waals surface area contributed by atoms with Gasteiger partial charge in [-0.1, -0.05) is 12.8 Å². The second-order valence-electron chi connectivity index (χ2n) is 8.36. The highest BCUT2D eigenvalue weighted by molar-refractivity contribution is 8.25. The molecular formula is C22H27N7O3S. The number of hydrogen-bond acceptors (Lipinski definition) is 9. The van der Waals surface area contributed by atoms with Crippen LogP contribution in [0, 0.1) is 11.3 Å². The fraction of sp³-hybridized carbons (Fsp3) is 0.409. The molecule has 5 N–H and O–H groups in total. The van der Waals surface area contributed by atoms with E-state index in [9.17, 15) is 14.4 Å². The molecule has 0 spiro atoms. The minimum Gasteiger partial charge on any atom is -0.494 e. The maximum absolute atomic E-state index is 10.3. The van der Waals surface area contributed by atoms with E-state index in [4.69, 9.17) is 9.72 Å². The minimum atomic E-state index is -2.78. The molecule has 0 bridgehead atoms. The summed E-state index contributed by atoms with van der Waals surface area (Å²) in [6, 6.07) is 7.95. The molecule has 0 amide bonds. The van der Waals surface area contributed by atoms with E-state index >= 15 is 0 Å². The lowest BCUT2D eigenvalue weighted by molar-refractivity contribution is 0.417. The second-order valence-corrected chi connectivity index (χ2v) is 10.5. The number of hydrogen-bond donors (Lipinski definition) is 5. The van der Waals surface area contributed by atoms with Crippen molar-refractivity contribution in [3.05, 3.63) is 30.0 Å². The van der Waals surface area contributed by atoms with Gasteiger partial charge < -0.3 is 20.4 Å². The maximum atomic E-state index is 10.3. The molecule has 2 aromatic heterocycles. The van der Waals surface area contributed by atoms with Gasteiger partial charge in [0.25, 0.3) is 0 Å². The highest BCUT2D eigenvalue weighted by Crippen LogP contribution is 2.51. The Balaban J connectivity index is 1.48. The first kappa shape index (κ1) is 21.6. The van der Waals surface area contributed by atoms with Crippen molar-refractivity contribution in [1.29, 1.82) is 5.26 Å². The van der Waals surface area contributed by atoms with Crippen LogP contribution in [0.15, 0.2) is 24.4 Å². The molecule has 33 heavy (non-hydrogen) atoms. The van der Waals surface area contributed by atoms with Crippen molar-refractivity contribution >= 4 is 45.0 Å². The predicted molar refractivity (Wildman–Crippen MR) is 130 cm³/mol. The van der Waals surface area contributed by atoms with Gasteiger partial charge in [-0.05, 0) is 31.4 Å². The summed E-state index contributed by atoms with van der Waals surface area (Å²) in [5.41, 5.74) is 2.42. The molecule has 0 atom stereocenters. The molecule has 1 aromatic carbocycles. The Hall–Kier alpha value is -3.20. The molecule has 1 saturated heterocycles. The Morgan fingerprint density at radius 2 is 2.06 bits per heavy atom. The number of nitrogens with one attached hydrogen (secondary N) is 3. The van der Waals surface area contributed by atoms with Gasteiger partial charge in [-0.15, -0.1) is 10.8 Å². The number of benzene rings is 1. The zero-order valence-electron chi connectivity index (χ0n) is 18.3. The van der Waals surface area contributed by atoms with Crippen molar-refractivity contribution < 1.29 is 13.8 Å². The van der Waals surface area contributed by atoms with E-state index in [-0.39, 0.29) is 0 Å². The lowest BCUT2D eigenvalue weighted by atomic mass is 10.2. The van der Waals surface area contributed by atoms with Crippen LogP contribution in [0.1, 0.15) is 37.7 Å². The number of fused-ring (bicyclic) bond motifs is 1. The topological polar surface area (TPSA) is 142 Å². The van der Waals surface area contributed by atoms with Crippen molar-refractivity contribution in [1.82, 2.24) is 15.0 Å². The number of anilines is 4. The summed E-state index contributed by atoms with van der Waals surface area (Å²) >= 11 is 0.